The van der Waals surface area contributed by atoms with E-state index in [0.717, 1.165) is 123 Å². The first-order valence-electron chi connectivity index (χ1n) is 31.9. The Kier molecular flexibility index (Phi) is 24.7. The number of piperidine rings is 2. The van der Waals surface area contributed by atoms with Gasteiger partial charge in [0.1, 0.15) is 23.0 Å². The van der Waals surface area contributed by atoms with Gasteiger partial charge in [0.05, 0.1) is 67.0 Å². The van der Waals surface area contributed by atoms with Crippen molar-refractivity contribution in [3.63, 3.8) is 0 Å². The van der Waals surface area contributed by atoms with E-state index >= 15 is 0 Å². The van der Waals surface area contributed by atoms with Gasteiger partial charge in [0.2, 0.25) is 11.8 Å². The average Bonchev–Trinajstić information content (AvgIpc) is 1.11. The monoisotopic (exact) mass is 1230 g/mol. The Morgan fingerprint density at radius 3 is 1.33 bits per heavy atom. The lowest BCUT2D eigenvalue weighted by atomic mass is 9.86. The van der Waals surface area contributed by atoms with Gasteiger partial charge < -0.3 is 69.3 Å². The number of carbonyl (C=O) groups is 4. The molecule has 1 unspecified atom stereocenters. The lowest BCUT2D eigenvalue weighted by Gasteiger charge is -2.34. The summed E-state index contributed by atoms with van der Waals surface area (Å²) in [6, 6.07) is 44.0. The molecule has 18 heteroatoms. The molecule has 0 saturated carbocycles. The van der Waals surface area contributed by atoms with Crippen molar-refractivity contribution in [2.24, 2.45) is 0 Å². The SMILES string of the molecule is COc1ccccc1COCCCOc1ccc(C2CCNC[C@H]2NC(=O)c2ccc3c(c2)N(CC(=O)N(C)C)CCC3)cc1.COc1ccccc1COCCCOc1ccc([C@@H]2CCNC[C@@H]2NC(=O)c2ccc3c(c2)N(CC(=O)N(C)C)CCC3)cc1. The molecule has 2 fully saturated rings. The van der Waals surface area contributed by atoms with E-state index < -0.39 is 0 Å². The van der Waals surface area contributed by atoms with Crippen molar-refractivity contribution in [2.75, 3.05) is 131 Å². The number of hydrogen-bond acceptors (Lipinski definition) is 14. The molecule has 0 spiro atoms. The molecule has 4 N–H and O–H groups in total. The number of ether oxygens (including phenoxy) is 6. The lowest BCUT2D eigenvalue weighted by molar-refractivity contribution is -0.128. The molecule has 6 aromatic rings. The van der Waals surface area contributed by atoms with E-state index in [1.54, 1.807) is 52.2 Å². The molecule has 0 aliphatic carbocycles. The smallest absolute Gasteiger partial charge is 0.251 e. The lowest BCUT2D eigenvalue weighted by Crippen LogP contribution is -2.50. The molecule has 90 heavy (non-hydrogen) atoms. The molecule has 10 rings (SSSR count). The van der Waals surface area contributed by atoms with E-state index in [4.69, 9.17) is 28.4 Å². The molecule has 4 heterocycles. The molecule has 2 saturated heterocycles. The van der Waals surface area contributed by atoms with E-state index in [1.165, 1.54) is 22.3 Å². The Hall–Kier alpha value is -8.16. The third kappa shape index (κ3) is 18.5. The molecule has 480 valence electrons. The number of carbonyl (C=O) groups excluding carboxylic acids is 4. The molecule has 6 aromatic carbocycles. The summed E-state index contributed by atoms with van der Waals surface area (Å²) >= 11 is 0. The quantitative estimate of drug-likeness (QED) is 0.0378. The number of rotatable bonds is 26. The van der Waals surface area contributed by atoms with Crippen LogP contribution >= 0.6 is 0 Å². The Bertz CT molecular complexity index is 3070. The third-order valence-electron chi connectivity index (χ3n) is 17.3. The summed E-state index contributed by atoms with van der Waals surface area (Å²) in [6.07, 6.45) is 7.33. The molecule has 0 radical (unpaired) electrons. The zero-order valence-corrected chi connectivity index (χ0v) is 53.4. The number of amides is 4. The molecule has 18 nitrogen and oxygen atoms in total. The molecular weight excluding hydrogens is 1140 g/mol. The van der Waals surface area contributed by atoms with Crippen LogP contribution in [0.5, 0.6) is 23.0 Å². The highest BCUT2D eigenvalue weighted by atomic mass is 16.5. The number of anilines is 2. The van der Waals surface area contributed by atoms with Crippen molar-refractivity contribution in [2.45, 2.75) is 88.5 Å². The Morgan fingerprint density at radius 2 is 0.933 bits per heavy atom. The largest absolute Gasteiger partial charge is 0.496 e. The standard InChI is InChI=1S/2C36H46N4O5/c2*1-39(2)35(41)24-40-19-6-9-27-11-12-28(22-33(27)40)36(42)38-32-23-37-18-17-31(32)26-13-15-30(16-14-26)45-21-7-20-44-25-29-8-4-5-10-34(29)43-3/h2*4-5,8,10-16,22,31-32,37H,6-7,9,17-21,23-25H2,1-3H3,(H,38,42)/t31?,32-;31-,32-/m10/s1. The van der Waals surface area contributed by atoms with Gasteiger partial charge in [0.25, 0.3) is 11.8 Å². The fourth-order valence-corrected chi connectivity index (χ4v) is 12.2. The topological polar surface area (TPSA) is 185 Å². The van der Waals surface area contributed by atoms with Gasteiger partial charge >= 0.3 is 0 Å². The maximum absolute atomic E-state index is 13.5. The molecule has 4 atom stereocenters. The van der Waals surface area contributed by atoms with Crippen molar-refractivity contribution < 1.29 is 47.6 Å². The number of para-hydroxylation sites is 2. The highest BCUT2D eigenvalue weighted by Gasteiger charge is 2.31. The summed E-state index contributed by atoms with van der Waals surface area (Å²) in [6.45, 7) is 8.82. The first-order valence-corrected chi connectivity index (χ1v) is 31.9. The molecule has 0 bridgehead atoms. The number of hydrogen-bond donors (Lipinski definition) is 4. The summed E-state index contributed by atoms with van der Waals surface area (Å²) in [5, 5.41) is 13.5. The predicted molar refractivity (Wildman–Crippen MR) is 353 cm³/mol. The van der Waals surface area contributed by atoms with E-state index in [9.17, 15) is 19.2 Å². The van der Waals surface area contributed by atoms with Crippen LogP contribution in [0.2, 0.25) is 0 Å². The van der Waals surface area contributed by atoms with Gasteiger partial charge in [0.15, 0.2) is 0 Å². The minimum atomic E-state index is -0.0890. The molecule has 4 aliphatic heterocycles. The summed E-state index contributed by atoms with van der Waals surface area (Å²) < 4.78 is 34.3. The maximum Gasteiger partial charge on any atom is 0.251 e. The van der Waals surface area contributed by atoms with Crippen LogP contribution in [0, 0.1) is 0 Å². The summed E-state index contributed by atoms with van der Waals surface area (Å²) in [4.78, 5) is 59.3. The fraction of sp³-hybridized carbons (Fsp3) is 0.444. The number of nitrogens with zero attached hydrogens (tertiary/aromatic N) is 4. The first kappa shape index (κ1) is 66.3. The van der Waals surface area contributed by atoms with Crippen LogP contribution in [-0.4, -0.2) is 167 Å². The second kappa shape index (κ2) is 33.6. The number of benzene rings is 6. The van der Waals surface area contributed by atoms with Crippen molar-refractivity contribution in [1.29, 1.82) is 0 Å². The normalized spacial score (nSPS) is 17.7. The molecule has 4 aliphatic rings. The van der Waals surface area contributed by atoms with Crippen molar-refractivity contribution in [3.05, 3.63) is 178 Å². The van der Waals surface area contributed by atoms with Gasteiger partial charge in [-0.2, -0.15) is 0 Å². The van der Waals surface area contributed by atoms with Crippen LogP contribution < -0.4 is 50.0 Å². The van der Waals surface area contributed by atoms with Crippen LogP contribution in [0.3, 0.4) is 0 Å². The van der Waals surface area contributed by atoms with E-state index in [2.05, 4.69) is 55.3 Å². The van der Waals surface area contributed by atoms with Gasteiger partial charge in [-0.05, 0) is 135 Å². The number of likely N-dealkylation sites (N-methyl/N-ethyl adjacent to an activating group) is 2. The molecular formula is C72H92N8O10. The minimum Gasteiger partial charge on any atom is -0.496 e. The Morgan fingerprint density at radius 1 is 0.522 bits per heavy atom. The first-order chi connectivity index (χ1) is 43.8. The summed E-state index contributed by atoms with van der Waals surface area (Å²) in [5.74, 6) is 3.64. The van der Waals surface area contributed by atoms with Crippen LogP contribution in [-0.2, 0) is 45.1 Å². The highest BCUT2D eigenvalue weighted by Crippen LogP contribution is 2.33. The Balaban J connectivity index is 0.000000213. The van der Waals surface area contributed by atoms with E-state index in [-0.39, 0.29) is 47.5 Å². The number of nitrogens with one attached hydrogen (secondary N) is 4. The van der Waals surface area contributed by atoms with Crippen LogP contribution in [0.1, 0.15) is 104 Å². The summed E-state index contributed by atoms with van der Waals surface area (Å²) in [5.41, 5.74) is 10.0. The van der Waals surface area contributed by atoms with Gasteiger partial charge in [0, 0.05) is 125 Å². The van der Waals surface area contributed by atoms with Crippen molar-refractivity contribution in [3.8, 4) is 23.0 Å². The van der Waals surface area contributed by atoms with Crippen LogP contribution in [0.4, 0.5) is 11.4 Å². The number of methoxy groups -OCH3 is 2. The molecule has 0 aromatic heterocycles. The third-order valence-corrected chi connectivity index (χ3v) is 17.3. The van der Waals surface area contributed by atoms with Crippen molar-refractivity contribution >= 4 is 35.0 Å². The second-order valence-electron chi connectivity index (χ2n) is 23.9. The van der Waals surface area contributed by atoms with Gasteiger partial charge in [-0.15, -0.1) is 0 Å². The van der Waals surface area contributed by atoms with E-state index in [0.29, 0.717) is 76.9 Å². The highest BCUT2D eigenvalue weighted by molar-refractivity contribution is 5.97. The number of fused-ring (bicyclic) bond motifs is 2. The zero-order chi connectivity index (χ0) is 63.2. The van der Waals surface area contributed by atoms with Crippen LogP contribution in [0.15, 0.2) is 133 Å². The fourth-order valence-electron chi connectivity index (χ4n) is 12.2. The van der Waals surface area contributed by atoms with Gasteiger partial charge in [-0.25, -0.2) is 0 Å². The molecule has 4 amide bonds. The second-order valence-corrected chi connectivity index (χ2v) is 23.9. The minimum absolute atomic E-state index is 0.0409. The predicted octanol–water partition coefficient (Wildman–Crippen LogP) is 8.79. The van der Waals surface area contributed by atoms with Crippen molar-refractivity contribution in [1.82, 2.24) is 31.1 Å². The van der Waals surface area contributed by atoms with Gasteiger partial charge in [-0.1, -0.05) is 72.8 Å². The number of aryl methyl sites for hydroxylation is 2. The average molecular weight is 1230 g/mol. The van der Waals surface area contributed by atoms with Crippen LogP contribution in [0.25, 0.3) is 0 Å². The maximum atomic E-state index is 13.5. The zero-order valence-electron chi connectivity index (χ0n) is 53.4. The van der Waals surface area contributed by atoms with Gasteiger partial charge in [-0.3, -0.25) is 19.2 Å². The Labute approximate surface area is 531 Å². The van der Waals surface area contributed by atoms with E-state index in [1.807, 2.05) is 109 Å². The summed E-state index contributed by atoms with van der Waals surface area (Å²) in [7, 11) is 10.4.